The number of fused-ring (bicyclic) bond motifs is 7. The summed E-state index contributed by atoms with van der Waals surface area (Å²) in [6, 6.07) is 79.4. The van der Waals surface area contributed by atoms with E-state index in [1.54, 1.807) is 0 Å². The van der Waals surface area contributed by atoms with Crippen LogP contribution in [0.3, 0.4) is 0 Å². The predicted octanol–water partition coefficient (Wildman–Crippen LogP) is 14.4. The van der Waals surface area contributed by atoms with Crippen molar-refractivity contribution in [2.45, 2.75) is 0 Å². The quantitative estimate of drug-likeness (QED) is 0.162. The lowest BCUT2D eigenvalue weighted by Crippen LogP contribution is -2.07. The van der Waals surface area contributed by atoms with Crippen LogP contribution in [0, 0.1) is 0 Å². The Kier molecular flexibility index (Phi) is 8.42. The van der Waals surface area contributed by atoms with Crippen molar-refractivity contribution in [3.8, 4) is 67.8 Å². The summed E-state index contributed by atoms with van der Waals surface area (Å²) in [7, 11) is 0. The predicted molar refractivity (Wildman–Crippen MR) is 256 cm³/mol. The smallest absolute Gasteiger partial charge is 0.238 e. The van der Waals surface area contributed by atoms with Gasteiger partial charge in [0.15, 0.2) is 11.6 Å². The topological polar surface area (TPSA) is 48.5 Å². The Morgan fingerprint density at radius 2 is 0.645 bits per heavy atom. The maximum absolute atomic E-state index is 5.33. The lowest BCUT2D eigenvalue weighted by Gasteiger charge is -2.20. The minimum atomic E-state index is 0.557. The van der Waals surface area contributed by atoms with Gasteiger partial charge in [0, 0.05) is 43.8 Å². The highest BCUT2D eigenvalue weighted by atomic mass is 15.2. The molecule has 0 radical (unpaired) electrons. The van der Waals surface area contributed by atoms with Crippen molar-refractivity contribution in [1.29, 1.82) is 0 Å². The second-order valence-corrected chi connectivity index (χ2v) is 15.6. The van der Waals surface area contributed by atoms with Crippen molar-refractivity contribution in [3.63, 3.8) is 0 Å². The van der Waals surface area contributed by atoms with Crippen LogP contribution in [0.25, 0.3) is 111 Å². The number of hydrogen-bond acceptors (Lipinski definition) is 3. The van der Waals surface area contributed by atoms with Crippen LogP contribution < -0.4 is 0 Å². The Labute approximate surface area is 358 Å². The van der Waals surface area contributed by atoms with E-state index in [2.05, 4.69) is 197 Å². The second-order valence-electron chi connectivity index (χ2n) is 15.6. The van der Waals surface area contributed by atoms with Crippen molar-refractivity contribution in [3.05, 3.63) is 224 Å². The molecule has 0 fully saturated rings. The molecule has 0 bridgehead atoms. The van der Waals surface area contributed by atoms with Crippen LogP contribution in [0.1, 0.15) is 0 Å². The van der Waals surface area contributed by atoms with Crippen LogP contribution in [-0.2, 0) is 0 Å². The number of para-hydroxylation sites is 3. The number of benzene rings is 9. The first-order chi connectivity index (χ1) is 30.8. The van der Waals surface area contributed by atoms with Crippen molar-refractivity contribution in [2.24, 2.45) is 0 Å². The van der Waals surface area contributed by atoms with Crippen LogP contribution >= 0.6 is 0 Å². The molecule has 0 saturated heterocycles. The number of rotatable bonds is 7. The summed E-state index contributed by atoms with van der Waals surface area (Å²) >= 11 is 0. The van der Waals surface area contributed by atoms with Gasteiger partial charge in [-0.25, -0.2) is 4.98 Å². The first-order valence-electron chi connectivity index (χ1n) is 21.0. The van der Waals surface area contributed by atoms with E-state index in [0.29, 0.717) is 17.6 Å². The fourth-order valence-electron chi connectivity index (χ4n) is 9.18. The highest BCUT2D eigenvalue weighted by molar-refractivity contribution is 6.24. The Hall–Kier alpha value is -8.41. The first-order valence-corrected chi connectivity index (χ1v) is 21.0. The van der Waals surface area contributed by atoms with E-state index in [0.717, 1.165) is 77.3 Å². The fraction of sp³-hybridized carbons (Fsp3) is 0. The van der Waals surface area contributed by atoms with E-state index in [4.69, 9.17) is 15.0 Å². The van der Waals surface area contributed by atoms with Gasteiger partial charge in [-0.1, -0.05) is 212 Å². The first kappa shape index (κ1) is 35.5. The summed E-state index contributed by atoms with van der Waals surface area (Å²) in [6.45, 7) is 0. The Bertz CT molecular complexity index is 3540. The molecule has 0 saturated carbocycles. The normalized spacial score (nSPS) is 11.5. The van der Waals surface area contributed by atoms with Gasteiger partial charge < -0.3 is 4.57 Å². The molecule has 290 valence electrons. The number of nitrogens with zero attached hydrogens (tertiary/aromatic N) is 5. The fourth-order valence-corrected chi connectivity index (χ4v) is 9.18. The van der Waals surface area contributed by atoms with E-state index >= 15 is 0 Å². The van der Waals surface area contributed by atoms with Gasteiger partial charge in [0.25, 0.3) is 0 Å². The molecule has 0 aliphatic rings. The van der Waals surface area contributed by atoms with Crippen molar-refractivity contribution >= 4 is 43.6 Å². The molecule has 0 aliphatic heterocycles. The molecule has 9 aromatic carbocycles. The van der Waals surface area contributed by atoms with Gasteiger partial charge in [-0.2, -0.15) is 9.97 Å². The molecule has 12 aromatic rings. The lowest BCUT2D eigenvalue weighted by atomic mass is 9.94. The van der Waals surface area contributed by atoms with Gasteiger partial charge >= 0.3 is 0 Å². The second kappa shape index (κ2) is 14.7. The summed E-state index contributed by atoms with van der Waals surface area (Å²) in [4.78, 5) is 15.7. The summed E-state index contributed by atoms with van der Waals surface area (Å²) < 4.78 is 4.77. The Morgan fingerprint density at radius 1 is 0.258 bits per heavy atom. The van der Waals surface area contributed by atoms with Crippen LogP contribution in [0.5, 0.6) is 0 Å². The highest BCUT2D eigenvalue weighted by Crippen LogP contribution is 2.45. The van der Waals surface area contributed by atoms with Crippen LogP contribution in [0.15, 0.2) is 224 Å². The molecule has 12 rings (SSSR count). The van der Waals surface area contributed by atoms with Gasteiger partial charge in [0.2, 0.25) is 5.95 Å². The molecular weight excluding hydrogens is 755 g/mol. The largest absolute Gasteiger partial charge is 0.306 e. The monoisotopic (exact) mass is 791 g/mol. The van der Waals surface area contributed by atoms with Gasteiger partial charge in [0.1, 0.15) is 0 Å². The summed E-state index contributed by atoms with van der Waals surface area (Å²) in [6.07, 6.45) is 0. The van der Waals surface area contributed by atoms with Crippen molar-refractivity contribution in [2.75, 3.05) is 0 Å². The minimum Gasteiger partial charge on any atom is -0.306 e. The third-order valence-corrected chi connectivity index (χ3v) is 12.0. The van der Waals surface area contributed by atoms with Gasteiger partial charge in [-0.15, -0.1) is 0 Å². The van der Waals surface area contributed by atoms with E-state index in [1.165, 1.54) is 16.5 Å². The highest BCUT2D eigenvalue weighted by Gasteiger charge is 2.26. The standard InChI is InChI=1S/C57H37N5/c1-5-18-38(19-6-1)39-32-34-41(35-33-39)45-29-17-28-44(40-20-7-2-8-21-40)52(45)61-50-30-15-13-26-46(50)48-36-37-49-47-27-14-16-31-51(47)62(54(49)53(48)61)57-59-55(42-22-9-3-10-23-42)58-56(60-57)43-24-11-4-12-25-43/h1-37H. The van der Waals surface area contributed by atoms with E-state index in [1.807, 2.05) is 36.4 Å². The van der Waals surface area contributed by atoms with Crippen LogP contribution in [-0.4, -0.2) is 24.1 Å². The van der Waals surface area contributed by atoms with Crippen molar-refractivity contribution in [1.82, 2.24) is 24.1 Å². The molecule has 5 nitrogen and oxygen atoms in total. The molecule has 3 heterocycles. The Balaban J connectivity index is 1.23. The molecule has 0 spiro atoms. The maximum atomic E-state index is 5.33. The van der Waals surface area contributed by atoms with Crippen molar-refractivity contribution < 1.29 is 0 Å². The molecule has 0 unspecified atom stereocenters. The summed E-state index contributed by atoms with van der Waals surface area (Å²) in [5.41, 5.74) is 14.1. The average Bonchev–Trinajstić information content (AvgIpc) is 3.88. The third kappa shape index (κ3) is 5.82. The minimum absolute atomic E-state index is 0.557. The summed E-state index contributed by atoms with van der Waals surface area (Å²) in [5.74, 6) is 1.79. The molecular formula is C57H37N5. The van der Waals surface area contributed by atoms with Crippen LogP contribution in [0.2, 0.25) is 0 Å². The van der Waals surface area contributed by atoms with Gasteiger partial charge in [0.05, 0.1) is 27.8 Å². The zero-order chi connectivity index (χ0) is 41.0. The van der Waals surface area contributed by atoms with E-state index in [9.17, 15) is 0 Å². The lowest BCUT2D eigenvalue weighted by molar-refractivity contribution is 0.953. The van der Waals surface area contributed by atoms with Crippen LogP contribution in [0.4, 0.5) is 0 Å². The number of aromatic nitrogens is 5. The Morgan fingerprint density at radius 3 is 1.18 bits per heavy atom. The molecule has 62 heavy (non-hydrogen) atoms. The molecule has 0 N–H and O–H groups in total. The van der Waals surface area contributed by atoms with Gasteiger partial charge in [-0.3, -0.25) is 4.57 Å². The van der Waals surface area contributed by atoms with E-state index in [-0.39, 0.29) is 0 Å². The zero-order valence-corrected chi connectivity index (χ0v) is 33.6. The molecule has 0 atom stereocenters. The zero-order valence-electron chi connectivity index (χ0n) is 33.6. The molecule has 0 amide bonds. The van der Waals surface area contributed by atoms with Gasteiger partial charge in [-0.05, 0) is 34.4 Å². The maximum Gasteiger partial charge on any atom is 0.238 e. The average molecular weight is 792 g/mol. The number of hydrogen-bond donors (Lipinski definition) is 0. The van der Waals surface area contributed by atoms with E-state index < -0.39 is 0 Å². The summed E-state index contributed by atoms with van der Waals surface area (Å²) in [5, 5.41) is 4.55. The SMILES string of the molecule is c1ccc(-c2ccc(-c3cccc(-c4ccccc4)c3-n3c4ccccc4c4ccc5c6ccccc6n(-c6nc(-c7ccccc7)nc(-c7ccccc7)n6)c5c43)cc2)cc1. The molecule has 3 aromatic heterocycles. The molecule has 5 heteroatoms. The molecule has 0 aliphatic carbocycles. The third-order valence-electron chi connectivity index (χ3n) is 12.0.